The molecule has 0 saturated carbocycles. The van der Waals surface area contributed by atoms with Crippen molar-refractivity contribution in [1.29, 1.82) is 0 Å². The first-order valence-corrected chi connectivity index (χ1v) is 10.2. The lowest BCUT2D eigenvalue weighted by Crippen LogP contribution is -2.28. The Balaban J connectivity index is 1.28. The van der Waals surface area contributed by atoms with Crippen molar-refractivity contribution in [2.24, 2.45) is 0 Å². The lowest BCUT2D eigenvalue weighted by atomic mass is 10.1. The van der Waals surface area contributed by atoms with E-state index in [0.717, 1.165) is 70.7 Å². The van der Waals surface area contributed by atoms with Gasteiger partial charge in [0.2, 0.25) is 0 Å². The van der Waals surface area contributed by atoms with E-state index in [4.69, 9.17) is 10.7 Å². The second-order valence-electron chi connectivity index (χ2n) is 7.64. The van der Waals surface area contributed by atoms with Crippen LogP contribution in [0.4, 0.5) is 11.4 Å². The quantitative estimate of drug-likeness (QED) is 0.229. The summed E-state index contributed by atoms with van der Waals surface area (Å²) >= 11 is 0. The minimum atomic E-state index is 0.725. The summed E-state index contributed by atoms with van der Waals surface area (Å²) in [5.74, 6) is 0. The van der Waals surface area contributed by atoms with Crippen LogP contribution in [0.25, 0.3) is 21.8 Å². The lowest BCUT2D eigenvalue weighted by Gasteiger charge is -2.21. The molecular formula is C23H24N8. The molecule has 156 valence electrons. The van der Waals surface area contributed by atoms with Gasteiger partial charge in [0.1, 0.15) is 0 Å². The first-order valence-electron chi connectivity index (χ1n) is 10.2. The number of hydrogen-bond donors (Lipinski definition) is 4. The van der Waals surface area contributed by atoms with Gasteiger partial charge >= 0.3 is 0 Å². The molecule has 0 aliphatic heterocycles. The maximum Gasteiger partial charge on any atom is 0.0922 e. The van der Waals surface area contributed by atoms with Crippen LogP contribution in [0.1, 0.15) is 11.4 Å². The minimum absolute atomic E-state index is 0.725. The molecule has 0 aliphatic rings. The molecule has 0 aliphatic carbocycles. The summed E-state index contributed by atoms with van der Waals surface area (Å²) < 4.78 is 0. The maximum absolute atomic E-state index is 5.92. The van der Waals surface area contributed by atoms with Crippen LogP contribution in [0.15, 0.2) is 67.5 Å². The van der Waals surface area contributed by atoms with Crippen LogP contribution < -0.4 is 11.1 Å². The molecule has 5 N–H and O–H groups in total. The molecule has 0 bridgehead atoms. The Kier molecular flexibility index (Phi) is 5.20. The Morgan fingerprint density at radius 1 is 0.839 bits per heavy atom. The molecule has 0 amide bonds. The van der Waals surface area contributed by atoms with Gasteiger partial charge in [0, 0.05) is 72.1 Å². The minimum Gasteiger partial charge on any atom is -0.399 e. The molecule has 0 fully saturated rings. The molecule has 0 saturated heterocycles. The van der Waals surface area contributed by atoms with Gasteiger partial charge in [-0.2, -0.15) is 0 Å². The van der Waals surface area contributed by atoms with Gasteiger partial charge in [-0.05, 0) is 30.3 Å². The van der Waals surface area contributed by atoms with Crippen molar-refractivity contribution in [3.8, 4) is 0 Å². The van der Waals surface area contributed by atoms with Crippen LogP contribution in [0, 0.1) is 0 Å². The number of nitrogen functional groups attached to an aromatic ring is 1. The predicted octanol–water partition coefficient (Wildman–Crippen LogP) is 3.53. The summed E-state index contributed by atoms with van der Waals surface area (Å²) in [6, 6.07) is 14.3. The van der Waals surface area contributed by atoms with Crippen molar-refractivity contribution in [1.82, 2.24) is 29.8 Å². The van der Waals surface area contributed by atoms with Crippen LogP contribution in [0.3, 0.4) is 0 Å². The van der Waals surface area contributed by atoms with Gasteiger partial charge < -0.3 is 21.0 Å². The van der Waals surface area contributed by atoms with Gasteiger partial charge in [-0.25, -0.2) is 15.0 Å². The van der Waals surface area contributed by atoms with Gasteiger partial charge in [0.15, 0.2) is 0 Å². The van der Waals surface area contributed by atoms with E-state index in [-0.39, 0.29) is 0 Å². The number of fused-ring (bicyclic) bond motifs is 2. The number of benzene rings is 2. The SMILES string of the molecule is Nc1ccc2cc3ccc(NCCN(Cc4cnc[nH]4)Cc4cnc[nH]4)cc3nc2c1. The number of hydrogen-bond acceptors (Lipinski definition) is 6. The van der Waals surface area contributed by atoms with Crippen LogP contribution >= 0.6 is 0 Å². The number of aromatic nitrogens is 5. The smallest absolute Gasteiger partial charge is 0.0922 e. The second-order valence-corrected chi connectivity index (χ2v) is 7.64. The van der Waals surface area contributed by atoms with Crippen LogP contribution in [-0.4, -0.2) is 42.9 Å². The Hall–Kier alpha value is -3.91. The number of aromatic amines is 2. The fourth-order valence-electron chi connectivity index (χ4n) is 3.75. The molecule has 0 atom stereocenters. The van der Waals surface area contributed by atoms with Crippen LogP contribution in [0.2, 0.25) is 0 Å². The van der Waals surface area contributed by atoms with Gasteiger partial charge in [-0.3, -0.25) is 4.90 Å². The summed E-state index contributed by atoms with van der Waals surface area (Å²) in [6.45, 7) is 3.23. The fourth-order valence-corrected chi connectivity index (χ4v) is 3.75. The topological polar surface area (TPSA) is 112 Å². The first-order chi connectivity index (χ1) is 15.2. The average molecular weight is 413 g/mol. The van der Waals surface area contributed by atoms with E-state index in [2.05, 4.69) is 54.4 Å². The van der Waals surface area contributed by atoms with E-state index >= 15 is 0 Å². The number of anilines is 2. The Bertz CT molecular complexity index is 1240. The van der Waals surface area contributed by atoms with Crippen LogP contribution in [0.5, 0.6) is 0 Å². The van der Waals surface area contributed by atoms with E-state index in [0.29, 0.717) is 0 Å². The van der Waals surface area contributed by atoms with E-state index < -0.39 is 0 Å². The Morgan fingerprint density at radius 2 is 1.52 bits per heavy atom. The average Bonchev–Trinajstić information content (AvgIpc) is 3.46. The number of imidazole rings is 2. The Morgan fingerprint density at radius 3 is 2.19 bits per heavy atom. The third-order valence-electron chi connectivity index (χ3n) is 5.29. The molecule has 0 unspecified atom stereocenters. The number of H-pyrrole nitrogens is 2. The van der Waals surface area contributed by atoms with Crippen molar-refractivity contribution >= 4 is 33.2 Å². The van der Waals surface area contributed by atoms with Crippen molar-refractivity contribution in [2.45, 2.75) is 13.1 Å². The highest BCUT2D eigenvalue weighted by molar-refractivity contribution is 5.94. The van der Waals surface area contributed by atoms with Crippen LogP contribution in [-0.2, 0) is 13.1 Å². The molecular weight excluding hydrogens is 388 g/mol. The molecule has 5 rings (SSSR count). The molecule has 31 heavy (non-hydrogen) atoms. The zero-order valence-corrected chi connectivity index (χ0v) is 17.0. The summed E-state index contributed by atoms with van der Waals surface area (Å²) in [5, 5.41) is 5.73. The van der Waals surface area contributed by atoms with Crippen molar-refractivity contribution in [3.05, 3.63) is 78.9 Å². The number of nitrogens with one attached hydrogen (secondary N) is 3. The molecule has 3 aromatic heterocycles. The van der Waals surface area contributed by atoms with E-state index in [9.17, 15) is 0 Å². The highest BCUT2D eigenvalue weighted by Gasteiger charge is 2.09. The second kappa shape index (κ2) is 8.45. The highest BCUT2D eigenvalue weighted by Crippen LogP contribution is 2.24. The largest absolute Gasteiger partial charge is 0.399 e. The van der Waals surface area contributed by atoms with Gasteiger partial charge in [-0.1, -0.05) is 12.1 Å². The monoisotopic (exact) mass is 412 g/mol. The van der Waals surface area contributed by atoms with E-state index in [1.165, 1.54) is 0 Å². The van der Waals surface area contributed by atoms with Crippen molar-refractivity contribution in [2.75, 3.05) is 24.1 Å². The first kappa shape index (κ1) is 19.1. The van der Waals surface area contributed by atoms with E-state index in [1.54, 1.807) is 12.7 Å². The molecule has 0 spiro atoms. The summed E-state index contributed by atoms with van der Waals surface area (Å²) in [6.07, 6.45) is 7.14. The normalized spacial score (nSPS) is 11.5. The van der Waals surface area contributed by atoms with Crippen molar-refractivity contribution in [3.63, 3.8) is 0 Å². The summed E-state index contributed by atoms with van der Waals surface area (Å²) in [5.41, 5.74) is 11.7. The third kappa shape index (κ3) is 4.49. The van der Waals surface area contributed by atoms with Gasteiger partial charge in [-0.15, -0.1) is 0 Å². The van der Waals surface area contributed by atoms with Gasteiger partial charge in [0.05, 0.1) is 23.7 Å². The van der Waals surface area contributed by atoms with Crippen molar-refractivity contribution < 1.29 is 0 Å². The number of pyridine rings is 1. The number of rotatable bonds is 8. The lowest BCUT2D eigenvalue weighted by molar-refractivity contribution is 0.261. The van der Waals surface area contributed by atoms with E-state index in [1.807, 2.05) is 30.6 Å². The zero-order chi connectivity index (χ0) is 21.0. The molecule has 8 nitrogen and oxygen atoms in total. The number of nitrogens with zero attached hydrogens (tertiary/aromatic N) is 4. The van der Waals surface area contributed by atoms with Gasteiger partial charge in [0.25, 0.3) is 0 Å². The molecule has 8 heteroatoms. The molecule has 0 radical (unpaired) electrons. The summed E-state index contributed by atoms with van der Waals surface area (Å²) in [7, 11) is 0. The Labute approximate surface area is 179 Å². The third-order valence-corrected chi connectivity index (χ3v) is 5.29. The fraction of sp³-hybridized carbons (Fsp3) is 0.174. The number of nitrogens with two attached hydrogens (primary N) is 1. The zero-order valence-electron chi connectivity index (χ0n) is 17.0. The molecule has 2 aromatic carbocycles. The maximum atomic E-state index is 5.92. The molecule has 5 aromatic rings. The standard InChI is InChI=1S/C23H24N8/c24-18-3-1-16-7-17-2-4-19(9-23(17)30-22(16)8-18)27-5-6-31(12-20-10-25-14-28-20)13-21-11-26-15-29-21/h1-4,7-11,14-15,27H,5-6,12-13,24H2,(H,25,28)(H,26,29). The highest BCUT2D eigenvalue weighted by atomic mass is 15.2. The summed E-state index contributed by atoms with van der Waals surface area (Å²) in [4.78, 5) is 21.7. The molecule has 3 heterocycles. The predicted molar refractivity (Wildman–Crippen MR) is 123 cm³/mol.